The topological polar surface area (TPSA) is 32.3 Å². The van der Waals surface area contributed by atoms with E-state index in [9.17, 15) is 5.11 Å². The summed E-state index contributed by atoms with van der Waals surface area (Å²) in [5.41, 5.74) is 3.70. The van der Waals surface area contributed by atoms with Crippen molar-refractivity contribution in [2.75, 3.05) is 0 Å². The Morgan fingerprint density at radius 1 is 1.11 bits per heavy atom. The van der Waals surface area contributed by atoms with Gasteiger partial charge in [0.2, 0.25) is 0 Å². The van der Waals surface area contributed by atoms with E-state index in [1.54, 1.807) is 12.1 Å². The van der Waals surface area contributed by atoms with Gasteiger partial charge in [-0.3, -0.25) is 0 Å². The van der Waals surface area contributed by atoms with Gasteiger partial charge in [-0.2, -0.15) is 0 Å². The number of halogens is 1. The summed E-state index contributed by atoms with van der Waals surface area (Å²) in [6, 6.07) is 14.1. The summed E-state index contributed by atoms with van der Waals surface area (Å²) in [6.45, 7) is 0.644. The van der Waals surface area contributed by atoms with Crippen LogP contribution in [0.25, 0.3) is 0 Å². The Labute approximate surface area is 118 Å². The monoisotopic (exact) mass is 273 g/mol. The minimum absolute atomic E-state index is 0.299. The van der Waals surface area contributed by atoms with Crippen molar-refractivity contribution >= 4 is 11.6 Å². The normalized spacial score (nSPS) is 14.6. The molecule has 0 saturated heterocycles. The molecule has 0 bridgehead atoms. The highest BCUT2D eigenvalue weighted by molar-refractivity contribution is 6.30. The number of phenolic OH excluding ortho intramolecular Hbond substituents is 1. The minimum Gasteiger partial charge on any atom is -0.508 e. The van der Waals surface area contributed by atoms with E-state index in [-0.39, 0.29) is 0 Å². The highest BCUT2D eigenvalue weighted by Gasteiger charge is 2.20. The van der Waals surface area contributed by atoms with E-state index in [0.29, 0.717) is 23.4 Å². The number of fused-ring (bicyclic) bond motifs is 1. The Hall–Kier alpha value is -1.51. The average Bonchev–Trinajstić information content (AvgIpc) is 2.82. The van der Waals surface area contributed by atoms with Crippen molar-refractivity contribution in [1.29, 1.82) is 0 Å². The van der Waals surface area contributed by atoms with Crippen molar-refractivity contribution in [3.63, 3.8) is 0 Å². The van der Waals surface area contributed by atoms with E-state index in [1.165, 1.54) is 11.1 Å². The lowest BCUT2D eigenvalue weighted by Crippen LogP contribution is -2.28. The van der Waals surface area contributed by atoms with Gasteiger partial charge < -0.3 is 10.4 Å². The Morgan fingerprint density at radius 3 is 2.47 bits per heavy atom. The number of nitrogens with one attached hydrogen (secondary N) is 1. The predicted molar refractivity (Wildman–Crippen MR) is 77.6 cm³/mol. The first-order valence-corrected chi connectivity index (χ1v) is 6.88. The Balaban J connectivity index is 1.64. The minimum atomic E-state index is 0.299. The van der Waals surface area contributed by atoms with Crippen molar-refractivity contribution < 1.29 is 5.11 Å². The van der Waals surface area contributed by atoms with Crippen LogP contribution in [0.5, 0.6) is 5.75 Å². The zero-order valence-corrected chi connectivity index (χ0v) is 11.3. The third-order valence-corrected chi connectivity index (χ3v) is 3.91. The lowest BCUT2D eigenvalue weighted by molar-refractivity contribution is 0.457. The molecule has 19 heavy (non-hydrogen) atoms. The van der Waals surface area contributed by atoms with Crippen LogP contribution in [-0.4, -0.2) is 11.1 Å². The lowest BCUT2D eigenvalue weighted by Gasteiger charge is -2.13. The number of phenols is 1. The van der Waals surface area contributed by atoms with Gasteiger partial charge in [-0.25, -0.2) is 0 Å². The van der Waals surface area contributed by atoms with Gasteiger partial charge in [0.15, 0.2) is 0 Å². The van der Waals surface area contributed by atoms with Crippen molar-refractivity contribution in [3.05, 3.63) is 64.2 Å². The molecule has 0 heterocycles. The maximum atomic E-state index is 9.78. The third-order valence-electron chi connectivity index (χ3n) is 3.67. The van der Waals surface area contributed by atoms with Crippen LogP contribution in [0.4, 0.5) is 0 Å². The van der Waals surface area contributed by atoms with Crippen LogP contribution >= 0.6 is 11.6 Å². The summed E-state index contributed by atoms with van der Waals surface area (Å²) in [4.78, 5) is 0. The summed E-state index contributed by atoms with van der Waals surface area (Å²) in [5.74, 6) is 0.299. The van der Waals surface area contributed by atoms with Gasteiger partial charge in [0.25, 0.3) is 0 Å². The first kappa shape index (κ1) is 12.5. The van der Waals surface area contributed by atoms with E-state index in [1.807, 2.05) is 6.07 Å². The van der Waals surface area contributed by atoms with Crippen LogP contribution in [-0.2, 0) is 19.4 Å². The first-order chi connectivity index (χ1) is 9.22. The SMILES string of the molecule is Oc1ccc(Cl)cc1CNC1Cc2ccccc2C1. The molecule has 2 nitrogen and oxygen atoms in total. The van der Waals surface area contributed by atoms with Gasteiger partial charge in [-0.05, 0) is 42.2 Å². The molecule has 2 aromatic rings. The van der Waals surface area contributed by atoms with Crippen LogP contribution in [0.1, 0.15) is 16.7 Å². The zero-order chi connectivity index (χ0) is 13.2. The van der Waals surface area contributed by atoms with Gasteiger partial charge in [0.05, 0.1) is 0 Å². The van der Waals surface area contributed by atoms with Crippen molar-refractivity contribution in [2.24, 2.45) is 0 Å². The van der Waals surface area contributed by atoms with E-state index in [0.717, 1.165) is 18.4 Å². The molecule has 0 fully saturated rings. The predicted octanol–water partition coefficient (Wildman–Crippen LogP) is 3.30. The number of benzene rings is 2. The maximum Gasteiger partial charge on any atom is 0.120 e. The quantitative estimate of drug-likeness (QED) is 0.899. The van der Waals surface area contributed by atoms with E-state index >= 15 is 0 Å². The highest BCUT2D eigenvalue weighted by Crippen LogP contribution is 2.24. The fraction of sp³-hybridized carbons (Fsp3) is 0.250. The molecular formula is C16H16ClNO. The molecule has 3 heteroatoms. The average molecular weight is 274 g/mol. The van der Waals surface area contributed by atoms with Crippen molar-refractivity contribution in [2.45, 2.75) is 25.4 Å². The lowest BCUT2D eigenvalue weighted by atomic mass is 10.1. The highest BCUT2D eigenvalue weighted by atomic mass is 35.5. The van der Waals surface area contributed by atoms with Gasteiger partial charge in [-0.15, -0.1) is 0 Å². The van der Waals surface area contributed by atoms with Crippen LogP contribution in [0.3, 0.4) is 0 Å². The summed E-state index contributed by atoms with van der Waals surface area (Å²) in [7, 11) is 0. The van der Waals surface area contributed by atoms with Crippen molar-refractivity contribution in [3.8, 4) is 5.75 Å². The second kappa shape index (κ2) is 5.24. The van der Waals surface area contributed by atoms with Gasteiger partial charge >= 0.3 is 0 Å². The fourth-order valence-corrected chi connectivity index (χ4v) is 2.85. The number of hydrogen-bond donors (Lipinski definition) is 2. The first-order valence-electron chi connectivity index (χ1n) is 6.50. The summed E-state index contributed by atoms with van der Waals surface area (Å²) in [5, 5.41) is 13.9. The van der Waals surface area contributed by atoms with Gasteiger partial charge in [-0.1, -0.05) is 35.9 Å². The number of aromatic hydroxyl groups is 1. The summed E-state index contributed by atoms with van der Waals surface area (Å²) in [6.07, 6.45) is 2.11. The van der Waals surface area contributed by atoms with Crippen LogP contribution in [0, 0.1) is 0 Å². The van der Waals surface area contributed by atoms with Crippen LogP contribution in [0.2, 0.25) is 5.02 Å². The molecule has 0 saturated carbocycles. The molecule has 1 aliphatic carbocycles. The van der Waals surface area contributed by atoms with E-state index in [2.05, 4.69) is 29.6 Å². The molecular weight excluding hydrogens is 258 g/mol. The number of rotatable bonds is 3. The second-order valence-electron chi connectivity index (χ2n) is 5.03. The molecule has 0 atom stereocenters. The molecule has 0 amide bonds. The fourth-order valence-electron chi connectivity index (χ4n) is 2.65. The standard InChI is InChI=1S/C16H16ClNO/c17-14-5-6-16(19)13(7-14)10-18-15-8-11-3-1-2-4-12(11)9-15/h1-7,15,18-19H,8-10H2. The number of hydrogen-bond acceptors (Lipinski definition) is 2. The molecule has 2 aromatic carbocycles. The molecule has 3 rings (SSSR count). The smallest absolute Gasteiger partial charge is 0.120 e. The molecule has 0 spiro atoms. The van der Waals surface area contributed by atoms with Crippen molar-refractivity contribution in [1.82, 2.24) is 5.32 Å². The van der Waals surface area contributed by atoms with Crippen LogP contribution in [0.15, 0.2) is 42.5 Å². The largest absolute Gasteiger partial charge is 0.508 e. The third kappa shape index (κ3) is 2.75. The Kier molecular flexibility index (Phi) is 3.45. The molecule has 0 unspecified atom stereocenters. The van der Waals surface area contributed by atoms with Gasteiger partial charge in [0.1, 0.15) is 5.75 Å². The Bertz CT molecular complexity index is 572. The molecule has 0 aliphatic heterocycles. The molecule has 2 N–H and O–H groups in total. The molecule has 0 radical (unpaired) electrons. The molecule has 0 aromatic heterocycles. The second-order valence-corrected chi connectivity index (χ2v) is 5.46. The zero-order valence-electron chi connectivity index (χ0n) is 10.6. The summed E-state index contributed by atoms with van der Waals surface area (Å²) < 4.78 is 0. The maximum absolute atomic E-state index is 9.78. The molecule has 98 valence electrons. The van der Waals surface area contributed by atoms with Gasteiger partial charge in [0, 0.05) is 23.2 Å². The van der Waals surface area contributed by atoms with E-state index < -0.39 is 0 Å². The van der Waals surface area contributed by atoms with Crippen LogP contribution < -0.4 is 5.32 Å². The Morgan fingerprint density at radius 2 is 1.79 bits per heavy atom. The molecule has 1 aliphatic rings. The summed E-state index contributed by atoms with van der Waals surface area (Å²) >= 11 is 5.95. The van der Waals surface area contributed by atoms with E-state index in [4.69, 9.17) is 11.6 Å².